The van der Waals surface area contributed by atoms with Crippen molar-refractivity contribution >= 4 is 5.78 Å². The molecule has 0 aliphatic carbocycles. The average molecular weight is 330 g/mol. The Hall–Kier alpha value is -2.69. The maximum absolute atomic E-state index is 12.6. The lowest BCUT2D eigenvalue weighted by Gasteiger charge is -2.13. The zero-order valence-electron chi connectivity index (χ0n) is 14.4. The Labute approximate surface area is 142 Å². The van der Waals surface area contributed by atoms with E-state index in [9.17, 15) is 4.79 Å². The number of ether oxygens (including phenoxy) is 4. The number of hydrogen-bond donors (Lipinski definition) is 0. The summed E-state index contributed by atoms with van der Waals surface area (Å²) in [7, 11) is 6.29. The van der Waals surface area contributed by atoms with E-state index in [4.69, 9.17) is 18.9 Å². The number of para-hydroxylation sites is 1. The van der Waals surface area contributed by atoms with E-state index >= 15 is 0 Å². The van der Waals surface area contributed by atoms with Crippen LogP contribution < -0.4 is 18.9 Å². The molecule has 0 bridgehead atoms. The molecule has 0 atom stereocenters. The van der Waals surface area contributed by atoms with E-state index in [0.717, 1.165) is 17.1 Å². The van der Waals surface area contributed by atoms with E-state index in [-0.39, 0.29) is 5.78 Å². The maximum atomic E-state index is 12.6. The highest BCUT2D eigenvalue weighted by atomic mass is 16.5. The van der Waals surface area contributed by atoms with Gasteiger partial charge in [-0.1, -0.05) is 6.07 Å². The van der Waals surface area contributed by atoms with Crippen LogP contribution in [0, 0.1) is 0 Å². The first-order valence-corrected chi connectivity index (χ1v) is 7.59. The topological polar surface area (TPSA) is 54.0 Å². The number of carbonyl (C=O) groups excluding carboxylic acids is 1. The molecule has 0 unspecified atom stereocenters. The van der Waals surface area contributed by atoms with Crippen molar-refractivity contribution < 1.29 is 23.7 Å². The summed E-state index contributed by atoms with van der Waals surface area (Å²) < 4.78 is 21.2. The predicted octanol–water partition coefficient (Wildman–Crippen LogP) is 3.54. The van der Waals surface area contributed by atoms with Crippen LogP contribution >= 0.6 is 0 Å². The summed E-state index contributed by atoms with van der Waals surface area (Å²) in [5.74, 6) is 2.46. The Morgan fingerprint density at radius 3 is 2.25 bits per heavy atom. The van der Waals surface area contributed by atoms with Crippen LogP contribution in [0.1, 0.15) is 22.3 Å². The van der Waals surface area contributed by atoms with Gasteiger partial charge in [0, 0.05) is 6.42 Å². The fourth-order valence-electron chi connectivity index (χ4n) is 2.57. The molecular weight excluding hydrogens is 308 g/mol. The van der Waals surface area contributed by atoms with Crippen LogP contribution in [-0.4, -0.2) is 34.2 Å². The smallest absolute Gasteiger partial charge is 0.171 e. The number of aryl methyl sites for hydroxylation is 1. The monoisotopic (exact) mass is 330 g/mol. The summed E-state index contributed by atoms with van der Waals surface area (Å²) in [6, 6.07) is 10.8. The Morgan fingerprint density at radius 1 is 0.875 bits per heavy atom. The second-order valence-electron chi connectivity index (χ2n) is 5.14. The summed E-state index contributed by atoms with van der Waals surface area (Å²) in [5.41, 5.74) is 1.44. The number of ketones is 1. The van der Waals surface area contributed by atoms with E-state index in [1.165, 1.54) is 7.11 Å². The van der Waals surface area contributed by atoms with Crippen LogP contribution in [0.4, 0.5) is 0 Å². The van der Waals surface area contributed by atoms with Gasteiger partial charge in [-0.15, -0.1) is 0 Å². The van der Waals surface area contributed by atoms with Gasteiger partial charge in [-0.05, 0) is 42.3 Å². The molecule has 0 radical (unpaired) electrons. The van der Waals surface area contributed by atoms with Crippen molar-refractivity contribution in [1.29, 1.82) is 0 Å². The number of methoxy groups -OCH3 is 4. The molecule has 0 spiro atoms. The number of Topliss-reactive ketones (excluding diaryl/α,β-unsaturated/α-hetero) is 1. The molecule has 0 saturated carbocycles. The molecule has 0 fully saturated rings. The van der Waals surface area contributed by atoms with Crippen molar-refractivity contribution in [3.05, 3.63) is 47.5 Å². The van der Waals surface area contributed by atoms with Crippen LogP contribution in [0.5, 0.6) is 23.0 Å². The summed E-state index contributed by atoms with van der Waals surface area (Å²) >= 11 is 0. The number of benzene rings is 2. The van der Waals surface area contributed by atoms with Crippen molar-refractivity contribution in [2.75, 3.05) is 28.4 Å². The molecule has 2 aromatic carbocycles. The zero-order chi connectivity index (χ0) is 17.5. The lowest BCUT2D eigenvalue weighted by Crippen LogP contribution is -2.05. The SMILES string of the molecule is COc1ccc(OC)c(CCC(=O)c2cccc(OC)c2OC)c1. The molecular formula is C19H22O5. The van der Waals surface area contributed by atoms with Gasteiger partial charge in [0.15, 0.2) is 17.3 Å². The molecule has 0 saturated heterocycles. The minimum Gasteiger partial charge on any atom is -0.497 e. The summed E-state index contributed by atoms with van der Waals surface area (Å²) in [6.07, 6.45) is 0.868. The molecule has 0 N–H and O–H groups in total. The quantitative estimate of drug-likeness (QED) is 0.693. The molecule has 0 aliphatic rings. The first-order valence-electron chi connectivity index (χ1n) is 7.59. The van der Waals surface area contributed by atoms with Crippen LogP contribution in [0.15, 0.2) is 36.4 Å². The Morgan fingerprint density at radius 2 is 1.62 bits per heavy atom. The minimum atomic E-state index is -0.0179. The second kappa shape index (κ2) is 8.24. The van der Waals surface area contributed by atoms with Gasteiger partial charge in [0.2, 0.25) is 0 Å². The molecule has 0 amide bonds. The van der Waals surface area contributed by atoms with Crippen molar-refractivity contribution in [3.8, 4) is 23.0 Å². The van der Waals surface area contributed by atoms with Crippen molar-refractivity contribution in [3.63, 3.8) is 0 Å². The third kappa shape index (κ3) is 3.79. The summed E-state index contributed by atoms with van der Waals surface area (Å²) in [5, 5.41) is 0. The Bertz CT molecular complexity index is 709. The Kier molecular flexibility index (Phi) is 6.07. The fraction of sp³-hybridized carbons (Fsp3) is 0.316. The number of hydrogen-bond acceptors (Lipinski definition) is 5. The van der Waals surface area contributed by atoms with Crippen LogP contribution in [0.25, 0.3) is 0 Å². The number of rotatable bonds is 8. The predicted molar refractivity (Wildman–Crippen MR) is 91.7 cm³/mol. The molecule has 0 aliphatic heterocycles. The molecule has 5 heteroatoms. The van der Waals surface area contributed by atoms with Gasteiger partial charge in [0.05, 0.1) is 34.0 Å². The highest BCUT2D eigenvalue weighted by Crippen LogP contribution is 2.32. The molecule has 2 rings (SSSR count). The highest BCUT2D eigenvalue weighted by molar-refractivity contribution is 5.99. The van der Waals surface area contributed by atoms with E-state index in [1.807, 2.05) is 18.2 Å². The molecule has 24 heavy (non-hydrogen) atoms. The third-order valence-electron chi connectivity index (χ3n) is 3.81. The van der Waals surface area contributed by atoms with Crippen LogP contribution in [0.3, 0.4) is 0 Å². The van der Waals surface area contributed by atoms with E-state index < -0.39 is 0 Å². The van der Waals surface area contributed by atoms with Gasteiger partial charge in [0.25, 0.3) is 0 Å². The van der Waals surface area contributed by atoms with E-state index in [2.05, 4.69) is 0 Å². The van der Waals surface area contributed by atoms with E-state index in [1.54, 1.807) is 39.5 Å². The van der Waals surface area contributed by atoms with Gasteiger partial charge in [0.1, 0.15) is 11.5 Å². The summed E-state index contributed by atoms with van der Waals surface area (Å²) in [6.45, 7) is 0. The van der Waals surface area contributed by atoms with Crippen LogP contribution in [0.2, 0.25) is 0 Å². The Balaban J connectivity index is 2.20. The van der Waals surface area contributed by atoms with Gasteiger partial charge in [-0.25, -0.2) is 0 Å². The molecule has 2 aromatic rings. The minimum absolute atomic E-state index is 0.0179. The largest absolute Gasteiger partial charge is 0.497 e. The lowest BCUT2D eigenvalue weighted by molar-refractivity contribution is 0.0979. The van der Waals surface area contributed by atoms with Crippen LogP contribution in [-0.2, 0) is 6.42 Å². The fourth-order valence-corrected chi connectivity index (χ4v) is 2.57. The zero-order valence-corrected chi connectivity index (χ0v) is 14.4. The summed E-state index contributed by atoms with van der Waals surface area (Å²) in [4.78, 5) is 12.6. The maximum Gasteiger partial charge on any atom is 0.171 e. The van der Waals surface area contributed by atoms with Gasteiger partial charge >= 0.3 is 0 Å². The molecule has 5 nitrogen and oxygen atoms in total. The lowest BCUT2D eigenvalue weighted by atomic mass is 10.0. The van der Waals surface area contributed by atoms with Gasteiger partial charge < -0.3 is 18.9 Å². The second-order valence-corrected chi connectivity index (χ2v) is 5.14. The van der Waals surface area contributed by atoms with Gasteiger partial charge in [-0.2, -0.15) is 0 Å². The van der Waals surface area contributed by atoms with Crippen molar-refractivity contribution in [1.82, 2.24) is 0 Å². The number of carbonyl (C=O) groups is 1. The highest BCUT2D eigenvalue weighted by Gasteiger charge is 2.17. The average Bonchev–Trinajstić information content (AvgIpc) is 2.64. The standard InChI is InChI=1S/C19H22O5/c1-21-14-9-11-17(22-2)13(12-14)8-10-16(20)15-6-5-7-18(23-3)19(15)24-4/h5-7,9,11-12H,8,10H2,1-4H3. The third-order valence-corrected chi connectivity index (χ3v) is 3.81. The van der Waals surface area contributed by atoms with Crippen molar-refractivity contribution in [2.24, 2.45) is 0 Å². The first kappa shape index (κ1) is 17.7. The molecule has 128 valence electrons. The van der Waals surface area contributed by atoms with Gasteiger partial charge in [-0.3, -0.25) is 4.79 Å². The normalized spacial score (nSPS) is 10.2. The first-order chi connectivity index (χ1) is 11.6. The van der Waals surface area contributed by atoms with E-state index in [0.29, 0.717) is 29.9 Å². The molecule has 0 aromatic heterocycles. The molecule has 0 heterocycles. The van der Waals surface area contributed by atoms with Crippen molar-refractivity contribution in [2.45, 2.75) is 12.8 Å².